The summed E-state index contributed by atoms with van der Waals surface area (Å²) in [6.07, 6.45) is -0.479. The van der Waals surface area contributed by atoms with Crippen molar-refractivity contribution in [2.75, 3.05) is 19.8 Å². The zero-order chi connectivity index (χ0) is 6.69. The highest BCUT2D eigenvalue weighted by molar-refractivity contribution is 4.69. The third-order valence-electron chi connectivity index (χ3n) is 1.43. The van der Waals surface area contributed by atoms with E-state index < -0.39 is 6.10 Å². The summed E-state index contributed by atoms with van der Waals surface area (Å²) in [5.74, 6) is 0.0648. The fraction of sp³-hybridized carbons (Fsp3) is 1.00. The first-order chi connectivity index (χ1) is 4.34. The van der Waals surface area contributed by atoms with Crippen LogP contribution in [-0.4, -0.2) is 31.0 Å². The lowest BCUT2D eigenvalue weighted by molar-refractivity contribution is -0.248. The Morgan fingerprint density at radius 2 is 2.11 bits per heavy atom. The summed E-state index contributed by atoms with van der Waals surface area (Å²) in [4.78, 5) is 9.13. The van der Waals surface area contributed by atoms with Gasteiger partial charge < -0.3 is 10.8 Å². The Balaban J connectivity index is 2.24. The maximum Gasteiger partial charge on any atom is 0.0899 e. The smallest absolute Gasteiger partial charge is 0.0899 e. The van der Waals surface area contributed by atoms with E-state index in [1.54, 1.807) is 0 Å². The lowest BCUT2D eigenvalue weighted by Gasteiger charge is -2.10. The molecule has 4 nitrogen and oxygen atoms in total. The van der Waals surface area contributed by atoms with Gasteiger partial charge in [0.05, 0.1) is 19.3 Å². The van der Waals surface area contributed by atoms with E-state index in [2.05, 4.69) is 9.78 Å². The first kappa shape index (κ1) is 6.95. The van der Waals surface area contributed by atoms with Crippen LogP contribution < -0.4 is 5.73 Å². The highest BCUT2D eigenvalue weighted by atomic mass is 17.2. The first-order valence-corrected chi connectivity index (χ1v) is 2.97. The molecule has 4 heteroatoms. The Kier molecular flexibility index (Phi) is 2.41. The molecule has 1 aliphatic rings. The van der Waals surface area contributed by atoms with Crippen molar-refractivity contribution in [2.24, 2.45) is 11.7 Å². The van der Waals surface area contributed by atoms with E-state index in [1.807, 2.05) is 0 Å². The molecule has 3 N–H and O–H groups in total. The molecule has 0 amide bonds. The van der Waals surface area contributed by atoms with Crippen molar-refractivity contribution in [3.8, 4) is 0 Å². The summed E-state index contributed by atoms with van der Waals surface area (Å²) >= 11 is 0. The van der Waals surface area contributed by atoms with Crippen molar-refractivity contribution >= 4 is 0 Å². The number of nitrogens with two attached hydrogens (primary N) is 1. The Morgan fingerprint density at radius 3 is 2.56 bits per heavy atom. The molecule has 0 bridgehead atoms. The molecule has 0 radical (unpaired) electrons. The van der Waals surface area contributed by atoms with E-state index >= 15 is 0 Å². The molecule has 1 saturated heterocycles. The zero-order valence-electron chi connectivity index (χ0n) is 5.12. The third-order valence-corrected chi connectivity index (χ3v) is 1.43. The minimum absolute atomic E-state index is 0.0648. The van der Waals surface area contributed by atoms with Crippen molar-refractivity contribution in [3.05, 3.63) is 0 Å². The van der Waals surface area contributed by atoms with Crippen LogP contribution in [0.1, 0.15) is 0 Å². The standard InChI is InChI=1S/C5H11NO3/c6-1-5(7)4-2-8-9-3-4/h4-5,7H,1-3,6H2. The van der Waals surface area contributed by atoms with Gasteiger partial charge in [0.25, 0.3) is 0 Å². The molecule has 1 unspecified atom stereocenters. The molecular formula is C5H11NO3. The average Bonchev–Trinajstić information content (AvgIpc) is 2.37. The van der Waals surface area contributed by atoms with Gasteiger partial charge >= 0.3 is 0 Å². The van der Waals surface area contributed by atoms with Crippen LogP contribution in [-0.2, 0) is 9.78 Å². The van der Waals surface area contributed by atoms with Gasteiger partial charge in [-0.25, -0.2) is 9.78 Å². The molecule has 0 aromatic heterocycles. The topological polar surface area (TPSA) is 64.7 Å². The monoisotopic (exact) mass is 133 g/mol. The molecule has 1 rings (SSSR count). The van der Waals surface area contributed by atoms with E-state index in [0.29, 0.717) is 13.2 Å². The maximum atomic E-state index is 9.07. The van der Waals surface area contributed by atoms with Crippen LogP contribution >= 0.6 is 0 Å². The van der Waals surface area contributed by atoms with E-state index in [1.165, 1.54) is 0 Å². The van der Waals surface area contributed by atoms with Gasteiger partial charge in [0.2, 0.25) is 0 Å². The normalized spacial score (nSPS) is 24.7. The second-order valence-corrected chi connectivity index (χ2v) is 2.13. The predicted octanol–water partition coefficient (Wildman–Crippen LogP) is -1.12. The summed E-state index contributed by atoms with van der Waals surface area (Å²) in [6.45, 7) is 1.19. The highest BCUT2D eigenvalue weighted by Crippen LogP contribution is 2.11. The molecule has 0 aromatic carbocycles. The minimum atomic E-state index is -0.479. The largest absolute Gasteiger partial charge is 0.391 e. The van der Waals surface area contributed by atoms with Gasteiger partial charge in [0.1, 0.15) is 0 Å². The summed E-state index contributed by atoms with van der Waals surface area (Å²) in [7, 11) is 0. The number of aliphatic hydroxyl groups is 1. The minimum Gasteiger partial charge on any atom is -0.391 e. The quantitative estimate of drug-likeness (QED) is 0.468. The molecule has 0 saturated carbocycles. The zero-order valence-corrected chi connectivity index (χ0v) is 5.12. The van der Waals surface area contributed by atoms with Crippen LogP contribution in [0, 0.1) is 5.92 Å². The first-order valence-electron chi connectivity index (χ1n) is 2.97. The molecule has 1 fully saturated rings. The van der Waals surface area contributed by atoms with E-state index in [0.717, 1.165) is 0 Å². The number of hydrogen-bond donors (Lipinski definition) is 2. The lowest BCUT2D eigenvalue weighted by Crippen LogP contribution is -2.30. The van der Waals surface area contributed by atoms with Gasteiger partial charge in [-0.2, -0.15) is 0 Å². The Morgan fingerprint density at radius 1 is 1.56 bits per heavy atom. The van der Waals surface area contributed by atoms with Crippen molar-refractivity contribution in [2.45, 2.75) is 6.10 Å². The summed E-state index contributed by atoms with van der Waals surface area (Å²) in [5.41, 5.74) is 5.19. The number of aliphatic hydroxyl groups excluding tert-OH is 1. The number of hydrogen-bond acceptors (Lipinski definition) is 4. The maximum absolute atomic E-state index is 9.07. The van der Waals surface area contributed by atoms with Gasteiger partial charge in [-0.05, 0) is 0 Å². The van der Waals surface area contributed by atoms with Gasteiger partial charge in [0, 0.05) is 12.5 Å². The van der Waals surface area contributed by atoms with Crippen LogP contribution in [0.2, 0.25) is 0 Å². The molecule has 0 spiro atoms. The SMILES string of the molecule is NCC(O)C1COOC1. The van der Waals surface area contributed by atoms with Gasteiger partial charge in [-0.1, -0.05) is 0 Å². The van der Waals surface area contributed by atoms with Crippen LogP contribution in [0.5, 0.6) is 0 Å². The molecule has 0 aliphatic carbocycles. The van der Waals surface area contributed by atoms with Crippen LogP contribution in [0.15, 0.2) is 0 Å². The van der Waals surface area contributed by atoms with E-state index in [4.69, 9.17) is 10.8 Å². The predicted molar refractivity (Wildman–Crippen MR) is 30.5 cm³/mol. The van der Waals surface area contributed by atoms with Crippen LogP contribution in [0.3, 0.4) is 0 Å². The highest BCUT2D eigenvalue weighted by Gasteiger charge is 2.23. The number of rotatable bonds is 2. The Labute approximate surface area is 53.5 Å². The van der Waals surface area contributed by atoms with E-state index in [9.17, 15) is 0 Å². The van der Waals surface area contributed by atoms with Crippen molar-refractivity contribution in [3.63, 3.8) is 0 Å². The fourth-order valence-corrected chi connectivity index (χ4v) is 0.734. The molecule has 54 valence electrons. The van der Waals surface area contributed by atoms with Crippen molar-refractivity contribution in [1.29, 1.82) is 0 Å². The second-order valence-electron chi connectivity index (χ2n) is 2.13. The van der Waals surface area contributed by atoms with Gasteiger partial charge in [-0.3, -0.25) is 0 Å². The van der Waals surface area contributed by atoms with E-state index in [-0.39, 0.29) is 12.5 Å². The second kappa shape index (κ2) is 3.12. The molecule has 1 heterocycles. The van der Waals surface area contributed by atoms with Crippen LogP contribution in [0.25, 0.3) is 0 Å². The van der Waals surface area contributed by atoms with Gasteiger partial charge in [0.15, 0.2) is 0 Å². The van der Waals surface area contributed by atoms with Crippen molar-refractivity contribution in [1.82, 2.24) is 0 Å². The summed E-state index contributed by atoms with van der Waals surface area (Å²) < 4.78 is 0. The summed E-state index contributed by atoms with van der Waals surface area (Å²) in [5, 5.41) is 9.07. The summed E-state index contributed by atoms with van der Waals surface area (Å²) in [6, 6.07) is 0. The Hall–Kier alpha value is -0.160. The molecular weight excluding hydrogens is 122 g/mol. The molecule has 1 atom stereocenters. The van der Waals surface area contributed by atoms with Crippen LogP contribution in [0.4, 0.5) is 0 Å². The van der Waals surface area contributed by atoms with Crippen molar-refractivity contribution < 1.29 is 14.9 Å². The fourth-order valence-electron chi connectivity index (χ4n) is 0.734. The molecule has 9 heavy (non-hydrogen) atoms. The molecule has 0 aromatic rings. The van der Waals surface area contributed by atoms with Gasteiger partial charge in [-0.15, -0.1) is 0 Å². The molecule has 1 aliphatic heterocycles. The Bertz CT molecular complexity index is 82.3. The lowest BCUT2D eigenvalue weighted by atomic mass is 10.1. The average molecular weight is 133 g/mol. The third kappa shape index (κ3) is 1.62.